The van der Waals surface area contributed by atoms with Gasteiger partial charge in [-0.25, -0.2) is 0 Å². The first-order valence-electron chi connectivity index (χ1n) is 9.29. The SMILES string of the molecule is Cc1ccc(S(=O)(=O)O[C@@H]2[C@H]3OC(C)(C)O[C@H]3O[C@@H]2[C@H]2[14CH2]OC(C)(C)O2)cc1. The summed E-state index contributed by atoms with van der Waals surface area (Å²) in [5.41, 5.74) is 0.953. The lowest BCUT2D eigenvalue weighted by Gasteiger charge is -2.28. The Morgan fingerprint density at radius 1 is 0.964 bits per heavy atom. The van der Waals surface area contributed by atoms with Gasteiger partial charge in [0.1, 0.15) is 24.4 Å². The van der Waals surface area contributed by atoms with Crippen LogP contribution in [0.3, 0.4) is 0 Å². The minimum absolute atomic E-state index is 0.0717. The minimum Gasteiger partial charge on any atom is -0.348 e. The molecular weight excluding hydrogens is 390 g/mol. The van der Waals surface area contributed by atoms with Gasteiger partial charge in [0, 0.05) is 0 Å². The van der Waals surface area contributed by atoms with Gasteiger partial charge in [0.15, 0.2) is 17.9 Å². The fraction of sp³-hybridized carbons (Fsp3) is 0.684. The van der Waals surface area contributed by atoms with E-state index in [1.165, 1.54) is 12.1 Å². The number of rotatable bonds is 4. The van der Waals surface area contributed by atoms with Crippen LogP contribution in [0.2, 0.25) is 0 Å². The Balaban J connectivity index is 1.61. The van der Waals surface area contributed by atoms with Crippen molar-refractivity contribution >= 4 is 10.1 Å². The maximum absolute atomic E-state index is 12.9. The smallest absolute Gasteiger partial charge is 0.297 e. The Hall–Kier alpha value is -1.07. The monoisotopic (exact) mass is 416 g/mol. The fourth-order valence-corrected chi connectivity index (χ4v) is 4.79. The lowest BCUT2D eigenvalue weighted by Crippen LogP contribution is -2.45. The van der Waals surface area contributed by atoms with Crippen molar-refractivity contribution in [3.05, 3.63) is 29.8 Å². The van der Waals surface area contributed by atoms with E-state index in [1.807, 2.05) is 6.92 Å². The summed E-state index contributed by atoms with van der Waals surface area (Å²) in [6.45, 7) is 9.20. The zero-order valence-electron chi connectivity index (χ0n) is 16.6. The van der Waals surface area contributed by atoms with Gasteiger partial charge >= 0.3 is 0 Å². The van der Waals surface area contributed by atoms with Crippen LogP contribution in [0.1, 0.15) is 33.3 Å². The van der Waals surface area contributed by atoms with Gasteiger partial charge in [-0.3, -0.25) is 4.18 Å². The van der Waals surface area contributed by atoms with E-state index in [-0.39, 0.29) is 11.5 Å². The number of aryl methyl sites for hydroxylation is 1. The van der Waals surface area contributed by atoms with Gasteiger partial charge in [-0.2, -0.15) is 8.42 Å². The maximum atomic E-state index is 12.9. The van der Waals surface area contributed by atoms with Crippen LogP contribution in [-0.2, 0) is 38.0 Å². The Morgan fingerprint density at radius 3 is 2.25 bits per heavy atom. The molecule has 4 rings (SSSR count). The van der Waals surface area contributed by atoms with Crippen molar-refractivity contribution in [1.29, 1.82) is 0 Å². The third-order valence-electron chi connectivity index (χ3n) is 4.97. The number of benzene rings is 1. The molecular formula is C19H26O8S. The lowest BCUT2D eigenvalue weighted by atomic mass is 10.1. The predicted molar refractivity (Wildman–Crippen MR) is 96.8 cm³/mol. The van der Waals surface area contributed by atoms with Crippen LogP contribution in [0.5, 0.6) is 0 Å². The van der Waals surface area contributed by atoms with Crippen LogP contribution in [0, 0.1) is 6.92 Å². The molecule has 0 spiro atoms. The number of ether oxygens (including phenoxy) is 5. The number of hydrogen-bond donors (Lipinski definition) is 0. The van der Waals surface area contributed by atoms with E-state index in [1.54, 1.807) is 39.8 Å². The molecule has 0 aromatic heterocycles. The second-order valence-electron chi connectivity index (χ2n) is 8.26. The van der Waals surface area contributed by atoms with Crippen LogP contribution in [0.25, 0.3) is 0 Å². The van der Waals surface area contributed by atoms with Gasteiger partial charge < -0.3 is 23.7 Å². The molecule has 0 radical (unpaired) electrons. The van der Waals surface area contributed by atoms with Crippen molar-refractivity contribution in [3.63, 3.8) is 0 Å². The van der Waals surface area contributed by atoms with E-state index in [0.717, 1.165) is 5.56 Å². The molecule has 3 aliphatic rings. The predicted octanol–water partition coefficient (Wildman–Crippen LogP) is 2.10. The second-order valence-corrected chi connectivity index (χ2v) is 9.84. The molecule has 3 fully saturated rings. The number of hydrogen-bond acceptors (Lipinski definition) is 8. The highest BCUT2D eigenvalue weighted by Gasteiger charge is 2.60. The second kappa shape index (κ2) is 6.73. The molecule has 156 valence electrons. The van der Waals surface area contributed by atoms with Gasteiger partial charge in [0.2, 0.25) is 0 Å². The summed E-state index contributed by atoms with van der Waals surface area (Å²) in [4.78, 5) is 0.0717. The van der Waals surface area contributed by atoms with Gasteiger partial charge in [-0.05, 0) is 46.8 Å². The summed E-state index contributed by atoms with van der Waals surface area (Å²) in [7, 11) is -4.04. The third kappa shape index (κ3) is 3.85. The lowest BCUT2D eigenvalue weighted by molar-refractivity contribution is -0.230. The molecule has 0 bridgehead atoms. The first-order chi connectivity index (χ1) is 13.0. The van der Waals surface area contributed by atoms with Crippen molar-refractivity contribution in [1.82, 2.24) is 0 Å². The Kier molecular flexibility index (Phi) is 4.86. The quantitative estimate of drug-likeness (QED) is 0.690. The zero-order chi connectivity index (χ0) is 20.3. The maximum Gasteiger partial charge on any atom is 0.297 e. The molecule has 5 atom stereocenters. The van der Waals surface area contributed by atoms with Crippen LogP contribution >= 0.6 is 0 Å². The molecule has 28 heavy (non-hydrogen) atoms. The van der Waals surface area contributed by atoms with Crippen molar-refractivity contribution in [2.75, 3.05) is 6.61 Å². The topological polar surface area (TPSA) is 89.5 Å². The molecule has 3 heterocycles. The highest BCUT2D eigenvalue weighted by Crippen LogP contribution is 2.42. The summed E-state index contributed by atoms with van der Waals surface area (Å²) in [5, 5.41) is 0. The first-order valence-corrected chi connectivity index (χ1v) is 10.7. The summed E-state index contributed by atoms with van der Waals surface area (Å²) in [5.74, 6) is -1.69. The average molecular weight is 416 g/mol. The first kappa shape index (κ1) is 20.2. The molecule has 0 saturated carbocycles. The van der Waals surface area contributed by atoms with Crippen LogP contribution in [-0.4, -0.2) is 57.3 Å². The molecule has 1 aromatic carbocycles. The normalized spacial score (nSPS) is 36.5. The van der Waals surface area contributed by atoms with Crippen molar-refractivity contribution in [3.8, 4) is 0 Å². The van der Waals surface area contributed by atoms with Gasteiger partial charge in [0.25, 0.3) is 10.1 Å². The molecule has 9 heteroatoms. The molecule has 8 nitrogen and oxygen atoms in total. The number of fused-ring (bicyclic) bond motifs is 1. The largest absolute Gasteiger partial charge is 0.348 e. The van der Waals surface area contributed by atoms with Crippen LogP contribution in [0.4, 0.5) is 0 Å². The molecule has 0 unspecified atom stereocenters. The Labute approximate surface area is 165 Å². The standard InChI is InChI=1S/C19H26O8S/c1-11-6-8-12(9-7-11)28(20,21)27-15-14(13-10-22-18(2,3)24-13)23-17-16(15)25-19(4,5)26-17/h6-9,13-17H,10H2,1-5H3/t13-,14-,15+,16-,17-/m1/s1/i10+2. The summed E-state index contributed by atoms with van der Waals surface area (Å²) >= 11 is 0. The van der Waals surface area contributed by atoms with E-state index in [2.05, 4.69) is 0 Å². The van der Waals surface area contributed by atoms with Gasteiger partial charge in [0.05, 0.1) is 11.5 Å². The van der Waals surface area contributed by atoms with Crippen molar-refractivity contribution in [2.45, 2.75) is 81.8 Å². The third-order valence-corrected chi connectivity index (χ3v) is 6.30. The average Bonchev–Trinajstić information content (AvgIpc) is 3.18. The van der Waals surface area contributed by atoms with Crippen LogP contribution < -0.4 is 0 Å². The Bertz CT molecular complexity index is 832. The molecule has 0 N–H and O–H groups in total. The molecule has 1 aromatic rings. The van der Waals surface area contributed by atoms with E-state index < -0.39 is 52.4 Å². The van der Waals surface area contributed by atoms with E-state index in [9.17, 15) is 8.42 Å². The van der Waals surface area contributed by atoms with Gasteiger partial charge in [-0.1, -0.05) is 17.7 Å². The molecule has 0 aliphatic carbocycles. The van der Waals surface area contributed by atoms with Gasteiger partial charge in [-0.15, -0.1) is 0 Å². The van der Waals surface area contributed by atoms with E-state index >= 15 is 0 Å². The summed E-state index contributed by atoms with van der Waals surface area (Å²) < 4.78 is 60.5. The molecule has 3 aliphatic heterocycles. The van der Waals surface area contributed by atoms with Crippen molar-refractivity contribution in [2.24, 2.45) is 0 Å². The van der Waals surface area contributed by atoms with E-state index in [4.69, 9.17) is 27.9 Å². The van der Waals surface area contributed by atoms with Crippen LogP contribution in [0.15, 0.2) is 29.2 Å². The summed E-state index contributed by atoms with van der Waals surface area (Å²) in [6, 6.07) is 6.47. The van der Waals surface area contributed by atoms with Crippen molar-refractivity contribution < 1.29 is 36.3 Å². The fourth-order valence-electron chi connectivity index (χ4n) is 3.70. The molecule has 0 amide bonds. The highest BCUT2D eigenvalue weighted by atomic mass is 32.2. The zero-order valence-corrected chi connectivity index (χ0v) is 17.4. The summed E-state index contributed by atoms with van der Waals surface area (Å²) in [6.07, 6.45) is -3.60. The molecule has 3 saturated heterocycles. The minimum atomic E-state index is -4.04. The Morgan fingerprint density at radius 2 is 1.64 bits per heavy atom. The highest BCUT2D eigenvalue weighted by molar-refractivity contribution is 7.86. The van der Waals surface area contributed by atoms with E-state index in [0.29, 0.717) is 0 Å².